The fourth-order valence-corrected chi connectivity index (χ4v) is 6.10. The van der Waals surface area contributed by atoms with Crippen molar-refractivity contribution in [2.75, 3.05) is 22.7 Å². The molecular weight excluding hydrogens is 606 g/mol. The second-order valence-corrected chi connectivity index (χ2v) is 12.7. The maximum Gasteiger partial charge on any atom is 0.302 e. The Morgan fingerprint density at radius 1 is 0.891 bits per heavy atom. The topological polar surface area (TPSA) is 146 Å². The highest BCUT2D eigenvalue weighted by molar-refractivity contribution is 7.91. The molecule has 0 saturated carbocycles. The van der Waals surface area contributed by atoms with Crippen LogP contribution in [0.1, 0.15) is 29.3 Å². The number of aryl methyl sites for hydroxylation is 1. The molecule has 1 heterocycles. The van der Waals surface area contributed by atoms with E-state index >= 15 is 0 Å². The van der Waals surface area contributed by atoms with Gasteiger partial charge in [-0.3, -0.25) is 14.4 Å². The van der Waals surface area contributed by atoms with E-state index in [-0.39, 0.29) is 35.1 Å². The summed E-state index contributed by atoms with van der Waals surface area (Å²) in [6.07, 6.45) is 0.241. The molecule has 12 heteroatoms. The molecule has 0 bridgehead atoms. The quantitative estimate of drug-likeness (QED) is 0.164. The number of carbonyl (C=O) groups is 3. The zero-order chi connectivity index (χ0) is 32.7. The van der Waals surface area contributed by atoms with Crippen molar-refractivity contribution in [3.63, 3.8) is 0 Å². The van der Waals surface area contributed by atoms with Gasteiger partial charge in [-0.15, -0.1) is 5.10 Å². The van der Waals surface area contributed by atoms with Gasteiger partial charge in [-0.2, -0.15) is 5.01 Å². The number of sulfone groups is 1. The molecule has 4 aromatic carbocycles. The number of nitrogens with one attached hydrogen (secondary N) is 3. The average molecular weight is 640 g/mol. The molecule has 1 atom stereocenters. The van der Waals surface area contributed by atoms with Gasteiger partial charge in [0.05, 0.1) is 22.9 Å². The molecule has 3 amide bonds. The number of anilines is 2. The molecule has 4 aromatic rings. The van der Waals surface area contributed by atoms with Gasteiger partial charge in [0.25, 0.3) is 11.6 Å². The van der Waals surface area contributed by atoms with E-state index in [0.29, 0.717) is 17.1 Å². The molecule has 1 aliphatic rings. The molecule has 0 radical (unpaired) electrons. The summed E-state index contributed by atoms with van der Waals surface area (Å²) >= 11 is 0. The molecule has 236 valence electrons. The van der Waals surface area contributed by atoms with Gasteiger partial charge in [0.1, 0.15) is 5.75 Å². The number of para-hydroxylation sites is 2. The van der Waals surface area contributed by atoms with Crippen LogP contribution in [0.5, 0.6) is 5.75 Å². The normalized spacial score (nSPS) is 16.0. The van der Waals surface area contributed by atoms with Crippen molar-refractivity contribution >= 4 is 44.8 Å². The summed E-state index contributed by atoms with van der Waals surface area (Å²) < 4.78 is 31.1. The van der Waals surface area contributed by atoms with Crippen LogP contribution in [0.4, 0.5) is 11.4 Å². The maximum absolute atomic E-state index is 14.0. The van der Waals surface area contributed by atoms with Crippen LogP contribution in [-0.4, -0.2) is 50.0 Å². The number of benzene rings is 4. The molecule has 5 rings (SSSR count). The third-order valence-electron chi connectivity index (χ3n) is 7.07. The highest BCUT2D eigenvalue weighted by Gasteiger charge is 2.54. The number of hydrazone groups is 1. The van der Waals surface area contributed by atoms with E-state index in [1.54, 1.807) is 103 Å². The van der Waals surface area contributed by atoms with Crippen molar-refractivity contribution in [3.8, 4) is 5.75 Å². The molecule has 1 unspecified atom stereocenters. The lowest BCUT2D eigenvalue weighted by atomic mass is 10.1. The van der Waals surface area contributed by atoms with Gasteiger partial charge >= 0.3 is 5.91 Å². The first-order valence-corrected chi connectivity index (χ1v) is 16.2. The van der Waals surface area contributed by atoms with Gasteiger partial charge in [-0.25, -0.2) is 8.42 Å². The number of rotatable bonds is 11. The number of amides is 3. The minimum Gasteiger partial charge on any atom is -0.494 e. The van der Waals surface area contributed by atoms with Crippen molar-refractivity contribution in [1.82, 2.24) is 10.6 Å². The number of hydrogen-bond donors (Lipinski definition) is 3. The van der Waals surface area contributed by atoms with Gasteiger partial charge < -0.3 is 20.7 Å². The van der Waals surface area contributed by atoms with E-state index in [9.17, 15) is 22.8 Å². The van der Waals surface area contributed by atoms with E-state index in [4.69, 9.17) is 4.74 Å². The van der Waals surface area contributed by atoms with Gasteiger partial charge in [0.2, 0.25) is 5.91 Å². The van der Waals surface area contributed by atoms with Crippen LogP contribution in [0.2, 0.25) is 0 Å². The largest absolute Gasteiger partial charge is 0.494 e. The number of ether oxygens (including phenoxy) is 1. The standard InChI is InChI=1S/C34H33N5O6S/c1-24-17-19-30(20-18-24)46(43,44)22-10-21-45-29-16-9-11-26(23-29)31(41)35-32-34(36-25(2)40,37-27-12-5-3-6-13-27)33(42)39(38-32)28-14-7-4-8-15-28/h3-9,11-20,23,37H,10,21-22H2,1-2H3,(H,36,40)(H,35,38,41). The van der Waals surface area contributed by atoms with Crippen LogP contribution in [0.3, 0.4) is 0 Å². The second-order valence-electron chi connectivity index (χ2n) is 10.6. The molecule has 0 saturated heterocycles. The summed E-state index contributed by atoms with van der Waals surface area (Å²) in [4.78, 5) is 40.3. The Balaban J connectivity index is 1.34. The van der Waals surface area contributed by atoms with Crippen molar-refractivity contribution in [2.45, 2.75) is 30.8 Å². The fraction of sp³-hybridized carbons (Fsp3) is 0.176. The van der Waals surface area contributed by atoms with Crippen molar-refractivity contribution in [3.05, 3.63) is 120 Å². The molecule has 0 fully saturated rings. The van der Waals surface area contributed by atoms with Crippen LogP contribution in [0.15, 0.2) is 119 Å². The molecule has 0 aliphatic carbocycles. The smallest absolute Gasteiger partial charge is 0.302 e. The monoisotopic (exact) mass is 639 g/mol. The molecular formula is C34H33N5O6S. The highest BCUT2D eigenvalue weighted by atomic mass is 32.2. The third-order valence-corrected chi connectivity index (χ3v) is 8.89. The lowest BCUT2D eigenvalue weighted by Crippen LogP contribution is -2.67. The molecule has 3 N–H and O–H groups in total. The van der Waals surface area contributed by atoms with Crippen molar-refractivity contribution in [1.29, 1.82) is 0 Å². The van der Waals surface area contributed by atoms with Crippen LogP contribution in [-0.2, 0) is 19.4 Å². The van der Waals surface area contributed by atoms with E-state index in [2.05, 4.69) is 21.1 Å². The highest BCUT2D eigenvalue weighted by Crippen LogP contribution is 2.28. The SMILES string of the molecule is CC(=O)NC1(Nc2ccccc2)C(=O)N(c2ccccc2)N=C1NC(=O)c1cccc(OCCCS(=O)(=O)c2ccc(C)cc2)c1. The zero-order valence-electron chi connectivity index (χ0n) is 25.3. The Bertz CT molecular complexity index is 1870. The first-order valence-electron chi connectivity index (χ1n) is 14.5. The lowest BCUT2D eigenvalue weighted by Gasteiger charge is -2.31. The fourth-order valence-electron chi connectivity index (χ4n) is 4.81. The Morgan fingerprint density at radius 3 is 2.24 bits per heavy atom. The predicted octanol–water partition coefficient (Wildman–Crippen LogP) is 4.27. The van der Waals surface area contributed by atoms with Crippen LogP contribution in [0, 0.1) is 6.92 Å². The van der Waals surface area contributed by atoms with Gasteiger partial charge in [-0.1, -0.05) is 60.2 Å². The molecule has 46 heavy (non-hydrogen) atoms. The minimum absolute atomic E-state index is 0.0956. The minimum atomic E-state index is -3.46. The van der Waals surface area contributed by atoms with Crippen molar-refractivity contribution < 1.29 is 27.5 Å². The van der Waals surface area contributed by atoms with Gasteiger partial charge in [-0.05, 0) is 67.9 Å². The number of hydrogen-bond acceptors (Lipinski definition) is 8. The predicted molar refractivity (Wildman–Crippen MR) is 175 cm³/mol. The zero-order valence-corrected chi connectivity index (χ0v) is 26.1. The lowest BCUT2D eigenvalue weighted by molar-refractivity contribution is -0.127. The average Bonchev–Trinajstić information content (AvgIpc) is 3.30. The van der Waals surface area contributed by atoms with Crippen LogP contribution >= 0.6 is 0 Å². The first kappa shape index (κ1) is 31.9. The maximum atomic E-state index is 14.0. The molecule has 1 aliphatic heterocycles. The summed E-state index contributed by atoms with van der Waals surface area (Å²) in [5.74, 6) is -1.66. The second kappa shape index (κ2) is 13.7. The Labute approximate surface area is 267 Å². The Hall–Kier alpha value is -5.49. The van der Waals surface area contributed by atoms with Crippen molar-refractivity contribution in [2.24, 2.45) is 5.10 Å². The summed E-state index contributed by atoms with van der Waals surface area (Å²) in [7, 11) is -3.46. The molecule has 0 aromatic heterocycles. The summed E-state index contributed by atoms with van der Waals surface area (Å²) in [5.41, 5.74) is 0.159. The van der Waals surface area contributed by atoms with Crippen LogP contribution < -0.4 is 25.7 Å². The Morgan fingerprint density at radius 2 is 1.57 bits per heavy atom. The third kappa shape index (κ3) is 7.24. The number of amidine groups is 1. The first-order chi connectivity index (χ1) is 22.1. The van der Waals surface area contributed by atoms with Gasteiger partial charge in [0.15, 0.2) is 15.7 Å². The summed E-state index contributed by atoms with van der Waals surface area (Å²) in [6.45, 7) is 3.26. The number of carbonyl (C=O) groups excluding carboxylic acids is 3. The van der Waals surface area contributed by atoms with E-state index in [1.807, 2.05) is 6.92 Å². The summed E-state index contributed by atoms with van der Waals surface area (Å²) in [5, 5.41) is 14.0. The van der Waals surface area contributed by atoms with Gasteiger partial charge in [0, 0.05) is 18.2 Å². The molecule has 11 nitrogen and oxygen atoms in total. The van der Waals surface area contributed by atoms with E-state index in [0.717, 1.165) is 10.6 Å². The van der Waals surface area contributed by atoms with E-state index < -0.39 is 33.2 Å². The van der Waals surface area contributed by atoms with Crippen LogP contribution in [0.25, 0.3) is 0 Å². The van der Waals surface area contributed by atoms with E-state index in [1.165, 1.54) is 13.0 Å². The summed E-state index contributed by atoms with van der Waals surface area (Å²) in [6, 6.07) is 30.4. The molecule has 0 spiro atoms. The Kier molecular flexibility index (Phi) is 9.47. The number of nitrogens with zero attached hydrogens (tertiary/aromatic N) is 2.